The molecule has 0 fully saturated rings. The van der Waals surface area contributed by atoms with E-state index in [1.54, 1.807) is 6.20 Å². The Balaban J connectivity index is 2.84. The molecule has 0 amide bonds. The zero-order chi connectivity index (χ0) is 11.7. The van der Waals surface area contributed by atoms with Crippen LogP contribution in [0.4, 0.5) is 0 Å². The van der Waals surface area contributed by atoms with E-state index in [1.165, 1.54) is 5.56 Å². The highest BCUT2D eigenvalue weighted by molar-refractivity contribution is 5.93. The predicted molar refractivity (Wildman–Crippen MR) is 67.1 cm³/mol. The fraction of sp³-hybridized carbons (Fsp3) is 0.214. The summed E-state index contributed by atoms with van der Waals surface area (Å²) < 4.78 is 0. The fourth-order valence-electron chi connectivity index (χ4n) is 1.98. The molecule has 16 heavy (non-hydrogen) atoms. The largest absolute Gasteiger partial charge is 0.390 e. The van der Waals surface area contributed by atoms with Crippen molar-refractivity contribution in [2.45, 2.75) is 20.5 Å². The number of benzene rings is 1. The first-order valence-electron chi connectivity index (χ1n) is 5.28. The highest BCUT2D eigenvalue weighted by Crippen LogP contribution is 2.26. The minimum absolute atomic E-state index is 0.0496. The van der Waals surface area contributed by atoms with E-state index in [-0.39, 0.29) is 6.61 Å². The van der Waals surface area contributed by atoms with E-state index < -0.39 is 0 Å². The first-order chi connectivity index (χ1) is 7.63. The van der Waals surface area contributed by atoms with Gasteiger partial charge in [-0.2, -0.15) is 0 Å². The Labute approximate surface area is 95.3 Å². The van der Waals surface area contributed by atoms with Crippen molar-refractivity contribution in [3.8, 4) is 0 Å². The molecule has 2 nitrogen and oxygen atoms in total. The summed E-state index contributed by atoms with van der Waals surface area (Å²) in [6.07, 6.45) is 1.81. The molecule has 2 rings (SSSR count). The van der Waals surface area contributed by atoms with Crippen molar-refractivity contribution < 1.29 is 5.11 Å². The summed E-state index contributed by atoms with van der Waals surface area (Å²) in [7, 11) is 0. The van der Waals surface area contributed by atoms with Crippen LogP contribution in [0.1, 0.15) is 23.7 Å². The first kappa shape index (κ1) is 10.8. The number of hydrogen-bond donors (Lipinski definition) is 1. The smallest absolute Gasteiger partial charge is 0.0859 e. The lowest BCUT2D eigenvalue weighted by Crippen LogP contribution is -1.97. The third-order valence-corrected chi connectivity index (χ3v) is 2.70. The maximum Gasteiger partial charge on any atom is 0.0859 e. The van der Waals surface area contributed by atoms with Crippen molar-refractivity contribution >= 4 is 16.3 Å². The van der Waals surface area contributed by atoms with Gasteiger partial charge in [0.25, 0.3) is 0 Å². The Morgan fingerprint density at radius 2 is 2.19 bits per heavy atom. The molecule has 0 unspecified atom stereocenters. The summed E-state index contributed by atoms with van der Waals surface area (Å²) in [6, 6.07) is 6.22. The van der Waals surface area contributed by atoms with E-state index in [9.17, 15) is 5.11 Å². The van der Waals surface area contributed by atoms with E-state index >= 15 is 0 Å². The molecule has 0 aliphatic heterocycles. The average Bonchev–Trinajstić information content (AvgIpc) is 2.26. The lowest BCUT2D eigenvalue weighted by Gasteiger charge is -2.10. The molecule has 2 heteroatoms. The van der Waals surface area contributed by atoms with Crippen LogP contribution in [0.5, 0.6) is 0 Å². The molecule has 0 radical (unpaired) electrons. The van der Waals surface area contributed by atoms with Gasteiger partial charge in [-0.3, -0.25) is 4.98 Å². The van der Waals surface area contributed by atoms with Gasteiger partial charge in [0.15, 0.2) is 0 Å². The molecule has 1 heterocycles. The number of aliphatic hydroxyl groups excluding tert-OH is 1. The molecule has 0 atom stereocenters. The molecule has 1 N–H and O–H groups in total. The summed E-state index contributed by atoms with van der Waals surface area (Å²) in [4.78, 5) is 4.28. The minimum Gasteiger partial charge on any atom is -0.390 e. The minimum atomic E-state index is -0.0496. The highest BCUT2D eigenvalue weighted by atomic mass is 16.3. The van der Waals surface area contributed by atoms with Gasteiger partial charge in [-0.25, -0.2) is 0 Å². The number of allylic oxidation sites excluding steroid dienone is 1. The van der Waals surface area contributed by atoms with Crippen molar-refractivity contribution in [2.75, 3.05) is 0 Å². The SMILES string of the molecule is C=C(C)c1c(CO)ncc2cc(C)ccc12. The van der Waals surface area contributed by atoms with Gasteiger partial charge in [0.1, 0.15) is 0 Å². The topological polar surface area (TPSA) is 33.1 Å². The summed E-state index contributed by atoms with van der Waals surface area (Å²) in [5.41, 5.74) is 3.81. The second kappa shape index (κ2) is 4.06. The molecular formula is C14H15NO. The highest BCUT2D eigenvalue weighted by Gasteiger charge is 2.08. The number of rotatable bonds is 2. The molecule has 0 spiro atoms. The van der Waals surface area contributed by atoms with E-state index in [0.717, 1.165) is 21.9 Å². The average molecular weight is 213 g/mol. The Hall–Kier alpha value is -1.67. The first-order valence-corrected chi connectivity index (χ1v) is 5.28. The monoisotopic (exact) mass is 213 g/mol. The third kappa shape index (κ3) is 1.72. The van der Waals surface area contributed by atoms with Gasteiger partial charge in [0.2, 0.25) is 0 Å². The number of aliphatic hydroxyl groups is 1. The zero-order valence-corrected chi connectivity index (χ0v) is 9.62. The number of fused-ring (bicyclic) bond motifs is 1. The van der Waals surface area contributed by atoms with E-state index in [1.807, 2.05) is 6.92 Å². The van der Waals surface area contributed by atoms with E-state index in [0.29, 0.717) is 5.69 Å². The van der Waals surface area contributed by atoms with Crippen molar-refractivity contribution in [1.82, 2.24) is 4.98 Å². The molecule has 0 bridgehead atoms. The molecule has 0 aliphatic carbocycles. The molecule has 0 saturated heterocycles. The molecule has 0 aliphatic rings. The normalized spacial score (nSPS) is 10.7. The van der Waals surface area contributed by atoms with Gasteiger partial charge >= 0.3 is 0 Å². The number of aryl methyl sites for hydroxylation is 1. The summed E-state index contributed by atoms with van der Waals surface area (Å²) in [6.45, 7) is 7.90. The Kier molecular flexibility index (Phi) is 2.75. The molecule has 2 aromatic rings. The van der Waals surface area contributed by atoms with Gasteiger partial charge in [-0.05, 0) is 30.9 Å². The van der Waals surface area contributed by atoms with Crippen LogP contribution in [-0.4, -0.2) is 10.1 Å². The molecule has 0 saturated carbocycles. The maximum absolute atomic E-state index is 9.28. The Bertz CT molecular complexity index is 558. The van der Waals surface area contributed by atoms with Crippen molar-refractivity contribution in [3.63, 3.8) is 0 Å². The fourth-order valence-corrected chi connectivity index (χ4v) is 1.98. The molecule has 1 aromatic carbocycles. The Morgan fingerprint density at radius 3 is 2.81 bits per heavy atom. The summed E-state index contributed by atoms with van der Waals surface area (Å²) in [5.74, 6) is 0. The van der Waals surface area contributed by atoms with Crippen LogP contribution < -0.4 is 0 Å². The van der Waals surface area contributed by atoms with Gasteiger partial charge in [0, 0.05) is 17.1 Å². The third-order valence-electron chi connectivity index (χ3n) is 2.70. The van der Waals surface area contributed by atoms with Crippen molar-refractivity contribution in [2.24, 2.45) is 0 Å². The maximum atomic E-state index is 9.28. The number of aromatic nitrogens is 1. The van der Waals surface area contributed by atoms with Crippen LogP contribution >= 0.6 is 0 Å². The second-order valence-electron chi connectivity index (χ2n) is 4.11. The molecule has 82 valence electrons. The lowest BCUT2D eigenvalue weighted by molar-refractivity contribution is 0.277. The van der Waals surface area contributed by atoms with E-state index in [2.05, 4.69) is 36.7 Å². The van der Waals surface area contributed by atoms with Crippen LogP contribution in [0.3, 0.4) is 0 Å². The molecular weight excluding hydrogens is 198 g/mol. The number of pyridine rings is 1. The summed E-state index contributed by atoms with van der Waals surface area (Å²) >= 11 is 0. The van der Waals surface area contributed by atoms with Gasteiger partial charge < -0.3 is 5.11 Å². The van der Waals surface area contributed by atoms with Crippen LogP contribution in [-0.2, 0) is 6.61 Å². The van der Waals surface area contributed by atoms with Crippen molar-refractivity contribution in [1.29, 1.82) is 0 Å². The van der Waals surface area contributed by atoms with Crippen LogP contribution in [0.25, 0.3) is 16.3 Å². The van der Waals surface area contributed by atoms with Crippen LogP contribution in [0.2, 0.25) is 0 Å². The van der Waals surface area contributed by atoms with Gasteiger partial charge in [-0.1, -0.05) is 24.3 Å². The van der Waals surface area contributed by atoms with Gasteiger partial charge in [-0.15, -0.1) is 0 Å². The van der Waals surface area contributed by atoms with E-state index in [4.69, 9.17) is 0 Å². The van der Waals surface area contributed by atoms with Crippen LogP contribution in [0.15, 0.2) is 31.0 Å². The lowest BCUT2D eigenvalue weighted by atomic mass is 9.98. The molecule has 1 aromatic heterocycles. The second-order valence-corrected chi connectivity index (χ2v) is 4.11. The zero-order valence-electron chi connectivity index (χ0n) is 9.62. The number of hydrogen-bond acceptors (Lipinski definition) is 2. The summed E-state index contributed by atoms with van der Waals surface area (Å²) in [5, 5.41) is 11.5. The standard InChI is InChI=1S/C14H15NO/c1-9(2)14-12-5-4-10(3)6-11(12)7-15-13(14)8-16/h4-7,16H,1,8H2,2-3H3. The number of nitrogens with zero attached hydrogens (tertiary/aromatic N) is 1. The predicted octanol–water partition coefficient (Wildman–Crippen LogP) is 3.07. The Morgan fingerprint density at radius 1 is 1.44 bits per heavy atom. The van der Waals surface area contributed by atoms with Gasteiger partial charge in [0.05, 0.1) is 12.3 Å². The quantitative estimate of drug-likeness (QED) is 0.831. The van der Waals surface area contributed by atoms with Crippen molar-refractivity contribution in [3.05, 3.63) is 47.8 Å². The van der Waals surface area contributed by atoms with Crippen LogP contribution in [0, 0.1) is 6.92 Å².